The molecule has 0 unspecified atom stereocenters. The van der Waals surface area contributed by atoms with Crippen LogP contribution in [0.15, 0.2) is 146 Å². The zero-order valence-electron chi connectivity index (χ0n) is 24.8. The minimum absolute atomic E-state index is 0.248. The Kier molecular flexibility index (Phi) is 6.64. The minimum Gasteiger partial charge on any atom is -0.452 e. The lowest BCUT2D eigenvalue weighted by atomic mass is 9.66. The third-order valence-corrected chi connectivity index (χ3v) is 9.56. The Balaban J connectivity index is 1.36. The topological polar surface area (TPSA) is 75.7 Å². The predicted molar refractivity (Wildman–Crippen MR) is 177 cm³/mol. The van der Waals surface area contributed by atoms with E-state index in [1.807, 2.05) is 144 Å². The molecule has 0 aromatic heterocycles. The maximum absolute atomic E-state index is 15.1. The van der Waals surface area contributed by atoms with E-state index in [0.717, 1.165) is 22.4 Å². The van der Waals surface area contributed by atoms with E-state index in [2.05, 4.69) is 5.32 Å². The highest BCUT2D eigenvalue weighted by Gasteiger charge is 2.71. The minimum atomic E-state index is -1.44. The van der Waals surface area contributed by atoms with Crippen LogP contribution in [0.3, 0.4) is 0 Å². The molecule has 3 heterocycles. The van der Waals surface area contributed by atoms with Crippen LogP contribution in [0.5, 0.6) is 0 Å². The molecule has 0 aliphatic carbocycles. The van der Waals surface area contributed by atoms with Crippen LogP contribution in [-0.4, -0.2) is 29.7 Å². The molecule has 4 atom stereocenters. The van der Waals surface area contributed by atoms with Crippen molar-refractivity contribution in [3.05, 3.63) is 173 Å². The predicted octanol–water partition coefficient (Wildman–Crippen LogP) is 6.99. The lowest BCUT2D eigenvalue weighted by Gasteiger charge is -2.37. The fourth-order valence-electron chi connectivity index (χ4n) is 7.63. The quantitative estimate of drug-likeness (QED) is 0.168. The van der Waals surface area contributed by atoms with Gasteiger partial charge in [0.2, 0.25) is 5.91 Å². The van der Waals surface area contributed by atoms with Gasteiger partial charge in [-0.1, -0.05) is 140 Å². The van der Waals surface area contributed by atoms with Crippen LogP contribution in [0, 0.1) is 5.92 Å². The van der Waals surface area contributed by atoms with E-state index in [1.54, 1.807) is 12.1 Å². The number of hydrogen-bond acceptors (Lipinski definition) is 5. The number of esters is 1. The highest BCUT2D eigenvalue weighted by molar-refractivity contribution is 6.15. The third-order valence-electron chi connectivity index (χ3n) is 9.56. The second kappa shape index (κ2) is 11.0. The van der Waals surface area contributed by atoms with Gasteiger partial charge in [-0.25, -0.2) is 0 Å². The zero-order valence-corrected chi connectivity index (χ0v) is 24.8. The van der Waals surface area contributed by atoms with Gasteiger partial charge in [-0.2, -0.15) is 0 Å². The van der Waals surface area contributed by atoms with Gasteiger partial charge in [0, 0.05) is 16.9 Å². The number of carbonyl (C=O) groups excluding carboxylic acids is 3. The summed E-state index contributed by atoms with van der Waals surface area (Å²) in [6.45, 7) is 0. The van der Waals surface area contributed by atoms with E-state index >= 15 is 4.79 Å². The van der Waals surface area contributed by atoms with Crippen LogP contribution in [-0.2, 0) is 19.7 Å². The number of ether oxygens (including phenoxy) is 1. The summed E-state index contributed by atoms with van der Waals surface area (Å²) in [5.74, 6) is -2.37. The first kappa shape index (κ1) is 27.8. The van der Waals surface area contributed by atoms with Crippen molar-refractivity contribution in [1.29, 1.82) is 0 Å². The molecule has 1 saturated heterocycles. The van der Waals surface area contributed by atoms with Crippen LogP contribution in [0.25, 0.3) is 6.08 Å². The molecule has 0 saturated carbocycles. The Morgan fingerprint density at radius 2 is 1.30 bits per heavy atom. The number of nitrogens with zero attached hydrogens (tertiary/aromatic N) is 1. The molecule has 1 amide bonds. The van der Waals surface area contributed by atoms with Crippen molar-refractivity contribution in [2.45, 2.75) is 23.6 Å². The van der Waals surface area contributed by atoms with Gasteiger partial charge in [-0.05, 0) is 34.4 Å². The normalized spacial score (nSPS) is 22.2. The second-order valence-electron chi connectivity index (χ2n) is 11.9. The number of rotatable bonds is 6. The molecule has 224 valence electrons. The molecule has 5 aromatic rings. The van der Waals surface area contributed by atoms with Gasteiger partial charge in [0.25, 0.3) is 0 Å². The monoisotopic (exact) mass is 602 g/mol. The van der Waals surface area contributed by atoms with Gasteiger partial charge in [-0.15, -0.1) is 0 Å². The van der Waals surface area contributed by atoms with E-state index < -0.39 is 35.5 Å². The molecule has 6 heteroatoms. The number of anilines is 2. The molecule has 0 bridgehead atoms. The van der Waals surface area contributed by atoms with Crippen molar-refractivity contribution in [3.8, 4) is 0 Å². The summed E-state index contributed by atoms with van der Waals surface area (Å²) in [5.41, 5.74) is 3.62. The number of hydrogen-bond donors (Lipinski definition) is 1. The highest BCUT2D eigenvalue weighted by atomic mass is 16.5. The Labute approximate surface area is 267 Å². The maximum Gasteiger partial charge on any atom is 0.314 e. The van der Waals surface area contributed by atoms with Crippen LogP contribution >= 0.6 is 0 Å². The van der Waals surface area contributed by atoms with Gasteiger partial charge >= 0.3 is 5.97 Å². The van der Waals surface area contributed by atoms with Gasteiger partial charge < -0.3 is 15.0 Å². The average molecular weight is 603 g/mol. The molecular weight excluding hydrogens is 572 g/mol. The smallest absolute Gasteiger partial charge is 0.314 e. The van der Waals surface area contributed by atoms with E-state index in [4.69, 9.17) is 4.74 Å². The van der Waals surface area contributed by atoms with Crippen LogP contribution < -0.4 is 10.2 Å². The molecule has 46 heavy (non-hydrogen) atoms. The number of Topliss-reactive ketones (excluding diaryl/α,β-unsaturated/α-hetero) is 1. The standard InChI is InChI=1S/C40H30N2O4/c43-36(27-15-4-1-5-16-27)35-34(38(44)46-37(28-17-6-2-7-18-28)29-19-8-3-9-20-29)40(30-21-11-12-22-31(30)41-39(40)45)33-25-24-26-14-10-13-23-32(26)42(33)35/h1-25,33-35,37H,(H,41,45)/t33-,34-,35+,40-/m1/s1. The first-order chi connectivity index (χ1) is 22.6. The molecule has 1 fully saturated rings. The van der Waals surface area contributed by atoms with Crippen LogP contribution in [0.2, 0.25) is 0 Å². The number of amides is 1. The largest absolute Gasteiger partial charge is 0.452 e. The number of carbonyl (C=O) groups is 3. The lowest BCUT2D eigenvalue weighted by molar-refractivity contribution is -0.156. The van der Waals surface area contributed by atoms with Gasteiger partial charge in [-0.3, -0.25) is 14.4 Å². The fraction of sp³-hybridized carbons (Fsp3) is 0.125. The Hall–Kier alpha value is -5.75. The number of nitrogens with one attached hydrogen (secondary N) is 1. The van der Waals surface area contributed by atoms with E-state index in [-0.39, 0.29) is 11.7 Å². The molecule has 3 aliphatic heterocycles. The average Bonchev–Trinajstić information content (AvgIpc) is 3.60. The number of benzene rings is 5. The Morgan fingerprint density at radius 3 is 2.00 bits per heavy atom. The molecule has 5 aromatic carbocycles. The molecule has 1 N–H and O–H groups in total. The Morgan fingerprint density at radius 1 is 0.717 bits per heavy atom. The first-order valence-electron chi connectivity index (χ1n) is 15.4. The number of para-hydroxylation sites is 2. The number of fused-ring (bicyclic) bond motifs is 6. The molecule has 0 radical (unpaired) electrons. The maximum atomic E-state index is 15.1. The number of ketones is 1. The summed E-state index contributed by atoms with van der Waals surface area (Å²) in [7, 11) is 0. The van der Waals surface area contributed by atoms with Crippen molar-refractivity contribution in [2.75, 3.05) is 10.2 Å². The first-order valence-corrected chi connectivity index (χ1v) is 15.4. The summed E-state index contributed by atoms with van der Waals surface area (Å²) in [6.07, 6.45) is 3.20. The fourth-order valence-corrected chi connectivity index (χ4v) is 7.63. The van der Waals surface area contributed by atoms with Gasteiger partial charge in [0.05, 0.1) is 6.04 Å². The second-order valence-corrected chi connectivity index (χ2v) is 11.9. The SMILES string of the molecule is O=C(c1ccccc1)[C@@H]1[C@H](C(=O)OC(c2ccccc2)c2ccccc2)[C@]2(C(=O)Nc3ccccc32)[C@H]2C=Cc3ccccc3N12. The molecular formula is C40H30N2O4. The van der Waals surface area contributed by atoms with E-state index in [0.29, 0.717) is 16.8 Å². The molecule has 1 spiro atoms. The summed E-state index contributed by atoms with van der Waals surface area (Å²) in [4.78, 5) is 46.5. The van der Waals surface area contributed by atoms with Crippen LogP contribution in [0.4, 0.5) is 11.4 Å². The van der Waals surface area contributed by atoms with Crippen molar-refractivity contribution in [3.63, 3.8) is 0 Å². The summed E-state index contributed by atoms with van der Waals surface area (Å²) in [5, 5.41) is 3.07. The van der Waals surface area contributed by atoms with Crippen molar-refractivity contribution >= 4 is 35.1 Å². The lowest BCUT2D eigenvalue weighted by Crippen LogP contribution is -2.51. The van der Waals surface area contributed by atoms with E-state index in [9.17, 15) is 9.59 Å². The van der Waals surface area contributed by atoms with Crippen molar-refractivity contribution in [2.24, 2.45) is 5.92 Å². The molecule has 3 aliphatic rings. The van der Waals surface area contributed by atoms with Gasteiger partial charge in [0.1, 0.15) is 17.4 Å². The van der Waals surface area contributed by atoms with E-state index in [1.165, 1.54) is 0 Å². The van der Waals surface area contributed by atoms with Crippen molar-refractivity contribution < 1.29 is 19.1 Å². The van der Waals surface area contributed by atoms with Crippen molar-refractivity contribution in [1.82, 2.24) is 0 Å². The highest BCUT2D eigenvalue weighted by Crippen LogP contribution is 2.58. The Bertz CT molecular complexity index is 1950. The molecule has 6 nitrogen and oxygen atoms in total. The zero-order chi connectivity index (χ0) is 31.3. The third kappa shape index (κ3) is 4.14. The summed E-state index contributed by atoms with van der Waals surface area (Å²) in [6, 6.07) is 41.7. The summed E-state index contributed by atoms with van der Waals surface area (Å²) < 4.78 is 6.55. The summed E-state index contributed by atoms with van der Waals surface area (Å²) >= 11 is 0. The van der Waals surface area contributed by atoms with Gasteiger partial charge in [0.15, 0.2) is 11.9 Å². The van der Waals surface area contributed by atoms with Crippen LogP contribution in [0.1, 0.15) is 38.7 Å². The molecule has 8 rings (SSSR count).